The van der Waals surface area contributed by atoms with E-state index in [1.165, 1.54) is 11.6 Å². The lowest BCUT2D eigenvalue weighted by Crippen LogP contribution is -2.14. The normalized spacial score (nSPS) is 12.2. The van der Waals surface area contributed by atoms with Gasteiger partial charge >= 0.3 is 0 Å². The van der Waals surface area contributed by atoms with Crippen molar-refractivity contribution < 1.29 is 9.13 Å². The van der Waals surface area contributed by atoms with E-state index in [9.17, 15) is 4.39 Å². The molecule has 0 aliphatic carbocycles. The van der Waals surface area contributed by atoms with Gasteiger partial charge in [0.1, 0.15) is 11.6 Å². The van der Waals surface area contributed by atoms with E-state index in [-0.39, 0.29) is 11.7 Å². The number of rotatable bonds is 7. The van der Waals surface area contributed by atoms with Crippen molar-refractivity contribution in [2.24, 2.45) is 5.73 Å². The lowest BCUT2D eigenvalue weighted by molar-refractivity contribution is 0.300. The summed E-state index contributed by atoms with van der Waals surface area (Å²) >= 11 is 0. The zero-order chi connectivity index (χ0) is 15.9. The summed E-state index contributed by atoms with van der Waals surface area (Å²) in [5.41, 5.74) is 9.18. The molecule has 3 heteroatoms. The highest BCUT2D eigenvalue weighted by Crippen LogP contribution is 2.22. The van der Waals surface area contributed by atoms with Gasteiger partial charge in [0.2, 0.25) is 0 Å². The van der Waals surface area contributed by atoms with Gasteiger partial charge in [0.25, 0.3) is 0 Å². The Kier molecular flexibility index (Phi) is 5.96. The summed E-state index contributed by atoms with van der Waals surface area (Å²) in [7, 11) is 0. The van der Waals surface area contributed by atoms with E-state index in [2.05, 4.69) is 26.0 Å². The summed E-state index contributed by atoms with van der Waals surface area (Å²) in [4.78, 5) is 0. The molecule has 2 rings (SSSR count). The third-order valence-corrected chi connectivity index (χ3v) is 3.89. The van der Waals surface area contributed by atoms with Crippen molar-refractivity contribution in [1.82, 2.24) is 0 Å². The Bertz CT molecular complexity index is 612. The Morgan fingerprint density at radius 1 is 1.14 bits per heavy atom. The van der Waals surface area contributed by atoms with Crippen LogP contribution in [0.2, 0.25) is 0 Å². The predicted molar refractivity (Wildman–Crippen MR) is 88.8 cm³/mol. The molecule has 2 aromatic rings. The van der Waals surface area contributed by atoms with Crippen LogP contribution in [0.4, 0.5) is 4.39 Å². The molecule has 2 N–H and O–H groups in total. The van der Waals surface area contributed by atoms with Crippen LogP contribution in [-0.2, 0) is 0 Å². The molecule has 22 heavy (non-hydrogen) atoms. The highest BCUT2D eigenvalue weighted by Gasteiger charge is 2.10. The molecule has 0 saturated carbocycles. The molecule has 0 bridgehead atoms. The summed E-state index contributed by atoms with van der Waals surface area (Å²) in [6, 6.07) is 12.9. The van der Waals surface area contributed by atoms with Crippen LogP contribution in [0.5, 0.6) is 5.75 Å². The van der Waals surface area contributed by atoms with Crippen LogP contribution in [0.1, 0.15) is 35.4 Å². The van der Waals surface area contributed by atoms with Gasteiger partial charge in [-0.2, -0.15) is 0 Å². The molecule has 0 aliphatic rings. The maximum absolute atomic E-state index is 13.3. The summed E-state index contributed by atoms with van der Waals surface area (Å²) < 4.78 is 19.1. The number of halogens is 1. The molecule has 0 amide bonds. The quantitative estimate of drug-likeness (QED) is 0.772. The second-order valence-corrected chi connectivity index (χ2v) is 5.75. The number of ether oxygens (including phenoxy) is 1. The predicted octanol–water partition coefficient (Wildman–Crippen LogP) is 4.34. The topological polar surface area (TPSA) is 35.2 Å². The Labute approximate surface area is 132 Å². The summed E-state index contributed by atoms with van der Waals surface area (Å²) in [5.74, 6) is 0.904. The first kappa shape index (κ1) is 16.5. The van der Waals surface area contributed by atoms with E-state index in [4.69, 9.17) is 10.5 Å². The first-order valence-corrected chi connectivity index (χ1v) is 7.75. The fourth-order valence-corrected chi connectivity index (χ4v) is 2.65. The minimum atomic E-state index is -0.206. The van der Waals surface area contributed by atoms with E-state index in [0.717, 1.165) is 29.7 Å². The SMILES string of the molecule is Cc1ccc(OCCCC(CN)c2cccc(F)c2)c(C)c1. The molecule has 0 aromatic heterocycles. The minimum Gasteiger partial charge on any atom is -0.493 e. The molecule has 2 aromatic carbocycles. The van der Waals surface area contributed by atoms with Gasteiger partial charge in [0.15, 0.2) is 0 Å². The van der Waals surface area contributed by atoms with Crippen LogP contribution in [0, 0.1) is 19.7 Å². The van der Waals surface area contributed by atoms with Crippen LogP contribution in [0.15, 0.2) is 42.5 Å². The van der Waals surface area contributed by atoms with Crippen LogP contribution in [0.3, 0.4) is 0 Å². The van der Waals surface area contributed by atoms with Gasteiger partial charge in [-0.15, -0.1) is 0 Å². The fourth-order valence-electron chi connectivity index (χ4n) is 2.65. The molecular formula is C19H24FNO. The Balaban J connectivity index is 1.84. The number of hydrogen-bond acceptors (Lipinski definition) is 2. The maximum atomic E-state index is 13.3. The summed E-state index contributed by atoms with van der Waals surface area (Å²) in [6.07, 6.45) is 1.79. The number of nitrogens with two attached hydrogens (primary N) is 1. The molecule has 118 valence electrons. The first-order chi connectivity index (χ1) is 10.6. The highest BCUT2D eigenvalue weighted by atomic mass is 19.1. The molecule has 0 spiro atoms. The third kappa shape index (κ3) is 4.57. The monoisotopic (exact) mass is 301 g/mol. The molecule has 0 aliphatic heterocycles. The van der Waals surface area contributed by atoms with Gasteiger partial charge in [-0.05, 0) is 68.5 Å². The maximum Gasteiger partial charge on any atom is 0.123 e. The minimum absolute atomic E-state index is 0.179. The van der Waals surface area contributed by atoms with Crippen molar-refractivity contribution in [1.29, 1.82) is 0 Å². The summed E-state index contributed by atoms with van der Waals surface area (Å²) in [6.45, 7) is 5.29. The van der Waals surface area contributed by atoms with Crippen LogP contribution < -0.4 is 10.5 Å². The van der Waals surface area contributed by atoms with E-state index < -0.39 is 0 Å². The molecule has 0 fully saturated rings. The first-order valence-electron chi connectivity index (χ1n) is 7.75. The van der Waals surface area contributed by atoms with Crippen molar-refractivity contribution in [2.75, 3.05) is 13.2 Å². The van der Waals surface area contributed by atoms with Gasteiger partial charge in [0.05, 0.1) is 6.61 Å². The molecule has 0 saturated heterocycles. The lowest BCUT2D eigenvalue weighted by Gasteiger charge is -2.16. The van der Waals surface area contributed by atoms with E-state index in [0.29, 0.717) is 13.2 Å². The van der Waals surface area contributed by atoms with Gasteiger partial charge in [-0.25, -0.2) is 4.39 Å². The zero-order valence-corrected chi connectivity index (χ0v) is 13.3. The Hall–Kier alpha value is -1.87. The van der Waals surface area contributed by atoms with Gasteiger partial charge in [-0.3, -0.25) is 0 Å². The standard InChI is InChI=1S/C19H24FNO/c1-14-8-9-19(15(2)11-14)22-10-4-6-17(13-21)16-5-3-7-18(20)12-16/h3,5,7-9,11-12,17H,4,6,10,13,21H2,1-2H3. The average Bonchev–Trinajstić information content (AvgIpc) is 2.49. The van der Waals surface area contributed by atoms with Crippen LogP contribution in [0.25, 0.3) is 0 Å². The van der Waals surface area contributed by atoms with Crippen LogP contribution in [-0.4, -0.2) is 13.2 Å². The average molecular weight is 301 g/mol. The summed E-state index contributed by atoms with van der Waals surface area (Å²) in [5, 5.41) is 0. The Morgan fingerprint density at radius 2 is 1.95 bits per heavy atom. The van der Waals surface area contributed by atoms with Crippen molar-refractivity contribution in [2.45, 2.75) is 32.6 Å². The van der Waals surface area contributed by atoms with E-state index in [1.54, 1.807) is 12.1 Å². The van der Waals surface area contributed by atoms with E-state index in [1.807, 2.05) is 12.1 Å². The van der Waals surface area contributed by atoms with E-state index >= 15 is 0 Å². The molecule has 0 heterocycles. The zero-order valence-electron chi connectivity index (χ0n) is 13.3. The molecule has 1 unspecified atom stereocenters. The van der Waals surface area contributed by atoms with Gasteiger partial charge in [0, 0.05) is 0 Å². The third-order valence-electron chi connectivity index (χ3n) is 3.89. The molecule has 1 atom stereocenters. The Morgan fingerprint density at radius 3 is 2.64 bits per heavy atom. The number of hydrogen-bond donors (Lipinski definition) is 1. The largest absolute Gasteiger partial charge is 0.493 e. The second kappa shape index (κ2) is 7.95. The fraction of sp³-hybridized carbons (Fsp3) is 0.368. The molecule has 0 radical (unpaired) electrons. The smallest absolute Gasteiger partial charge is 0.123 e. The van der Waals surface area contributed by atoms with Gasteiger partial charge < -0.3 is 10.5 Å². The lowest BCUT2D eigenvalue weighted by atomic mass is 9.94. The second-order valence-electron chi connectivity index (χ2n) is 5.75. The van der Waals surface area contributed by atoms with Crippen molar-refractivity contribution in [3.63, 3.8) is 0 Å². The number of benzene rings is 2. The molecule has 2 nitrogen and oxygen atoms in total. The van der Waals surface area contributed by atoms with Crippen molar-refractivity contribution in [3.8, 4) is 5.75 Å². The highest BCUT2D eigenvalue weighted by molar-refractivity contribution is 5.35. The van der Waals surface area contributed by atoms with Crippen molar-refractivity contribution in [3.05, 3.63) is 65.0 Å². The number of aryl methyl sites for hydroxylation is 2. The van der Waals surface area contributed by atoms with Crippen molar-refractivity contribution >= 4 is 0 Å². The van der Waals surface area contributed by atoms with Gasteiger partial charge in [-0.1, -0.05) is 29.8 Å². The molecular weight excluding hydrogens is 277 g/mol. The van der Waals surface area contributed by atoms with Crippen LogP contribution >= 0.6 is 0 Å².